The van der Waals surface area contributed by atoms with Crippen LogP contribution >= 0.6 is 27.5 Å². The summed E-state index contributed by atoms with van der Waals surface area (Å²) in [5.74, 6) is -0.410. The van der Waals surface area contributed by atoms with Crippen molar-refractivity contribution in [3.05, 3.63) is 27.5 Å². The van der Waals surface area contributed by atoms with Gasteiger partial charge in [-0.1, -0.05) is 6.92 Å². The molecular weight excluding hydrogens is 364 g/mol. The molecule has 3 nitrogen and oxygen atoms in total. The topological polar surface area (TPSA) is 29.0 Å². The molecule has 1 fully saturated rings. The van der Waals surface area contributed by atoms with Gasteiger partial charge in [0.25, 0.3) is 0 Å². The number of hydrogen-bond acceptors (Lipinski definition) is 3. The van der Waals surface area contributed by atoms with Gasteiger partial charge in [-0.3, -0.25) is 0 Å². The van der Waals surface area contributed by atoms with E-state index in [-0.39, 0.29) is 15.3 Å². The van der Waals surface area contributed by atoms with Crippen LogP contribution in [-0.2, 0) is 0 Å². The van der Waals surface area contributed by atoms with Crippen LogP contribution in [0.15, 0.2) is 10.5 Å². The lowest BCUT2D eigenvalue weighted by molar-refractivity contribution is 0.445. The molecule has 0 radical (unpaired) electrons. The van der Waals surface area contributed by atoms with Gasteiger partial charge in [0.05, 0.1) is 4.47 Å². The van der Waals surface area contributed by atoms with Crippen molar-refractivity contribution < 1.29 is 8.78 Å². The first-order chi connectivity index (χ1) is 9.97. The second-order valence-electron chi connectivity index (χ2n) is 5.39. The molecule has 21 heavy (non-hydrogen) atoms. The van der Waals surface area contributed by atoms with Crippen LogP contribution < -0.4 is 4.90 Å². The summed E-state index contributed by atoms with van der Waals surface area (Å²) in [5, 5.41) is 0.319. The molecule has 0 amide bonds. The molecule has 1 aliphatic heterocycles. The Morgan fingerprint density at radius 1 is 1.38 bits per heavy atom. The molecule has 1 atom stereocenters. The molecule has 1 unspecified atom stereocenters. The third kappa shape index (κ3) is 2.71. The lowest BCUT2D eigenvalue weighted by atomic mass is 10.00. The zero-order valence-corrected chi connectivity index (χ0v) is 13.7. The van der Waals surface area contributed by atoms with Crippen molar-refractivity contribution in [1.82, 2.24) is 9.97 Å². The van der Waals surface area contributed by atoms with E-state index in [1.54, 1.807) is 0 Å². The minimum Gasteiger partial charge on any atom is -0.356 e. The minimum absolute atomic E-state index is 0.0341. The minimum atomic E-state index is -0.749. The number of nitrogens with zero attached hydrogens (tertiary/aromatic N) is 3. The Kier molecular flexibility index (Phi) is 4.01. The Balaban J connectivity index is 2.22. The Bertz CT molecular complexity index is 710. The van der Waals surface area contributed by atoms with Crippen LogP contribution in [0.5, 0.6) is 0 Å². The third-order valence-corrected chi connectivity index (χ3v) is 4.63. The van der Waals surface area contributed by atoms with E-state index < -0.39 is 11.6 Å². The maximum absolute atomic E-state index is 14.2. The van der Waals surface area contributed by atoms with Crippen molar-refractivity contribution in [3.63, 3.8) is 0 Å². The monoisotopic (exact) mass is 375 g/mol. The predicted octanol–water partition coefficient (Wildman–Crippen LogP) is 4.56. The number of hydrogen-bond donors (Lipinski definition) is 0. The largest absolute Gasteiger partial charge is 0.356 e. The van der Waals surface area contributed by atoms with Crippen molar-refractivity contribution in [1.29, 1.82) is 0 Å². The smallest absolute Gasteiger partial charge is 0.225 e. The Morgan fingerprint density at radius 2 is 2.14 bits per heavy atom. The van der Waals surface area contributed by atoms with Crippen LogP contribution in [0.4, 0.5) is 14.6 Å². The molecule has 1 aromatic carbocycles. The van der Waals surface area contributed by atoms with Gasteiger partial charge >= 0.3 is 0 Å². The highest BCUT2D eigenvalue weighted by Crippen LogP contribution is 2.34. The summed E-state index contributed by atoms with van der Waals surface area (Å²) in [6, 6.07) is 1.26. The van der Waals surface area contributed by atoms with E-state index in [9.17, 15) is 8.78 Å². The maximum atomic E-state index is 14.2. The SMILES string of the molecule is CC1CCCN(c2nc(Cl)nc3c(F)c(Br)c(F)cc23)C1. The summed E-state index contributed by atoms with van der Waals surface area (Å²) >= 11 is 8.81. The van der Waals surface area contributed by atoms with Crippen molar-refractivity contribution in [2.24, 2.45) is 5.92 Å². The molecule has 1 saturated heterocycles. The average Bonchev–Trinajstić information content (AvgIpc) is 2.45. The fourth-order valence-electron chi connectivity index (χ4n) is 2.75. The zero-order chi connectivity index (χ0) is 15.1. The van der Waals surface area contributed by atoms with Crippen LogP contribution in [0.3, 0.4) is 0 Å². The normalized spacial score (nSPS) is 19.3. The number of aromatic nitrogens is 2. The van der Waals surface area contributed by atoms with Gasteiger partial charge in [0.15, 0.2) is 5.82 Å². The van der Waals surface area contributed by atoms with E-state index in [0.717, 1.165) is 25.9 Å². The Morgan fingerprint density at radius 3 is 2.86 bits per heavy atom. The van der Waals surface area contributed by atoms with E-state index in [1.165, 1.54) is 6.07 Å². The standard InChI is InChI=1S/C14H13BrClF2N3/c1-7-3-2-4-21(6-7)13-8-5-9(17)10(15)11(18)12(8)19-14(16)20-13/h5,7H,2-4,6H2,1H3. The Labute approximate surface area is 134 Å². The van der Waals surface area contributed by atoms with E-state index in [1.807, 2.05) is 4.90 Å². The average molecular weight is 377 g/mol. The molecule has 2 heterocycles. The van der Waals surface area contributed by atoms with Crippen LogP contribution in [0.25, 0.3) is 10.9 Å². The van der Waals surface area contributed by atoms with Crippen molar-refractivity contribution in [3.8, 4) is 0 Å². The fourth-order valence-corrected chi connectivity index (χ4v) is 3.22. The first-order valence-electron chi connectivity index (χ1n) is 6.73. The maximum Gasteiger partial charge on any atom is 0.225 e. The van der Waals surface area contributed by atoms with Crippen molar-refractivity contribution in [2.45, 2.75) is 19.8 Å². The van der Waals surface area contributed by atoms with Gasteiger partial charge in [-0.2, -0.15) is 4.98 Å². The highest BCUT2D eigenvalue weighted by Gasteiger charge is 2.23. The zero-order valence-electron chi connectivity index (χ0n) is 11.3. The van der Waals surface area contributed by atoms with Crippen LogP contribution in [-0.4, -0.2) is 23.1 Å². The highest BCUT2D eigenvalue weighted by atomic mass is 79.9. The van der Waals surface area contributed by atoms with Gasteiger partial charge in [0.1, 0.15) is 17.2 Å². The second-order valence-corrected chi connectivity index (χ2v) is 6.52. The van der Waals surface area contributed by atoms with E-state index >= 15 is 0 Å². The van der Waals surface area contributed by atoms with Gasteiger partial charge < -0.3 is 4.90 Å². The van der Waals surface area contributed by atoms with Gasteiger partial charge in [0, 0.05) is 18.5 Å². The first-order valence-corrected chi connectivity index (χ1v) is 7.90. The van der Waals surface area contributed by atoms with Gasteiger partial charge in [-0.25, -0.2) is 13.8 Å². The Hall–Kier alpha value is -1.01. The molecule has 112 valence electrons. The van der Waals surface area contributed by atoms with Crippen molar-refractivity contribution >= 4 is 44.3 Å². The van der Waals surface area contributed by atoms with Gasteiger partial charge in [-0.15, -0.1) is 0 Å². The van der Waals surface area contributed by atoms with Crippen molar-refractivity contribution in [2.75, 3.05) is 18.0 Å². The molecule has 1 aliphatic rings. The molecule has 3 rings (SSSR count). The van der Waals surface area contributed by atoms with Crippen LogP contribution in [0.1, 0.15) is 19.8 Å². The highest BCUT2D eigenvalue weighted by molar-refractivity contribution is 9.10. The third-order valence-electron chi connectivity index (χ3n) is 3.74. The number of halogens is 4. The molecule has 0 bridgehead atoms. The molecular formula is C14H13BrClF2N3. The number of rotatable bonds is 1. The quantitative estimate of drug-likeness (QED) is 0.540. The van der Waals surface area contributed by atoms with E-state index in [4.69, 9.17) is 11.6 Å². The molecule has 0 spiro atoms. The summed E-state index contributed by atoms with van der Waals surface area (Å²) in [6.45, 7) is 3.74. The summed E-state index contributed by atoms with van der Waals surface area (Å²) in [4.78, 5) is 10.1. The van der Waals surface area contributed by atoms with Crippen LogP contribution in [0.2, 0.25) is 5.28 Å². The second kappa shape index (κ2) is 5.65. The van der Waals surface area contributed by atoms with Gasteiger partial charge in [0.2, 0.25) is 5.28 Å². The molecule has 0 N–H and O–H groups in total. The summed E-state index contributed by atoms with van der Waals surface area (Å²) in [7, 11) is 0. The lowest BCUT2D eigenvalue weighted by Crippen LogP contribution is -2.35. The van der Waals surface area contributed by atoms with E-state index in [0.29, 0.717) is 17.1 Å². The van der Waals surface area contributed by atoms with Gasteiger partial charge in [-0.05, 0) is 52.4 Å². The first kappa shape index (κ1) is 14.9. The number of piperidine rings is 1. The lowest BCUT2D eigenvalue weighted by Gasteiger charge is -2.32. The number of benzene rings is 1. The predicted molar refractivity (Wildman–Crippen MR) is 82.8 cm³/mol. The summed E-state index contributed by atoms with van der Waals surface area (Å²) in [5.41, 5.74) is 0.0384. The fraction of sp³-hybridized carbons (Fsp3) is 0.429. The molecule has 1 aromatic heterocycles. The molecule has 0 aliphatic carbocycles. The number of fused-ring (bicyclic) bond motifs is 1. The summed E-state index contributed by atoms with van der Waals surface area (Å²) < 4.78 is 27.8. The van der Waals surface area contributed by atoms with Crippen LogP contribution in [0, 0.1) is 17.6 Å². The summed E-state index contributed by atoms with van der Waals surface area (Å²) in [6.07, 6.45) is 2.16. The number of anilines is 1. The van der Waals surface area contributed by atoms with E-state index in [2.05, 4.69) is 32.8 Å². The molecule has 7 heteroatoms. The molecule has 0 saturated carbocycles. The molecule has 2 aromatic rings.